The fourth-order valence-electron chi connectivity index (χ4n) is 2.75. The van der Waals surface area contributed by atoms with E-state index in [1.807, 2.05) is 12.1 Å². The molecule has 0 unspecified atom stereocenters. The van der Waals surface area contributed by atoms with Gasteiger partial charge in [-0.1, -0.05) is 6.07 Å². The lowest BCUT2D eigenvalue weighted by Crippen LogP contribution is -2.54. The Bertz CT molecular complexity index is 791. The predicted molar refractivity (Wildman–Crippen MR) is 102 cm³/mol. The van der Waals surface area contributed by atoms with Crippen molar-refractivity contribution >= 4 is 23.3 Å². The zero-order valence-electron chi connectivity index (χ0n) is 14.9. The molecule has 0 radical (unpaired) electrons. The summed E-state index contributed by atoms with van der Waals surface area (Å²) in [6, 6.07) is 10.3. The summed E-state index contributed by atoms with van der Waals surface area (Å²) in [5.74, 6) is -0.245. The van der Waals surface area contributed by atoms with E-state index in [1.54, 1.807) is 36.7 Å². The molecule has 0 saturated carbocycles. The fraction of sp³-hybridized carbons (Fsp3) is 0.316. The first-order valence-electron chi connectivity index (χ1n) is 8.77. The molecule has 1 saturated heterocycles. The van der Waals surface area contributed by atoms with Gasteiger partial charge >= 0.3 is 6.03 Å². The second-order valence-electron chi connectivity index (χ2n) is 6.47. The fourth-order valence-corrected chi connectivity index (χ4v) is 2.75. The van der Waals surface area contributed by atoms with Crippen molar-refractivity contribution in [3.05, 3.63) is 54.4 Å². The van der Waals surface area contributed by atoms with E-state index in [1.165, 1.54) is 0 Å². The topological polar surface area (TPSA) is 118 Å². The maximum Gasteiger partial charge on any atom is 0.319 e. The van der Waals surface area contributed by atoms with E-state index in [0.29, 0.717) is 44.0 Å². The molecule has 5 N–H and O–H groups in total. The third-order valence-electron chi connectivity index (χ3n) is 4.42. The molecular weight excluding hydrogens is 346 g/mol. The van der Waals surface area contributed by atoms with Crippen LogP contribution in [0.15, 0.2) is 48.8 Å². The molecule has 0 aliphatic carbocycles. The third-order valence-corrected chi connectivity index (χ3v) is 4.42. The van der Waals surface area contributed by atoms with Gasteiger partial charge in [-0.3, -0.25) is 9.78 Å². The average molecular weight is 369 g/mol. The Morgan fingerprint density at radius 2 is 1.74 bits per heavy atom. The Kier molecular flexibility index (Phi) is 6.00. The second kappa shape index (κ2) is 8.61. The lowest BCUT2D eigenvalue weighted by molar-refractivity contribution is -0.124. The second-order valence-corrected chi connectivity index (χ2v) is 6.47. The molecule has 3 rings (SSSR count). The number of urea groups is 1. The van der Waals surface area contributed by atoms with Crippen molar-refractivity contribution in [1.82, 2.24) is 10.3 Å². The van der Waals surface area contributed by atoms with Gasteiger partial charge in [0.05, 0.1) is 0 Å². The van der Waals surface area contributed by atoms with Gasteiger partial charge in [0.15, 0.2) is 0 Å². The van der Waals surface area contributed by atoms with Crippen LogP contribution in [0.4, 0.5) is 16.2 Å². The Balaban J connectivity index is 1.55. The van der Waals surface area contributed by atoms with E-state index < -0.39 is 5.54 Å². The minimum Gasteiger partial charge on any atom is -0.381 e. The first-order chi connectivity index (χ1) is 13.0. The first kappa shape index (κ1) is 18.8. The molecule has 2 aromatic rings. The Hall–Kier alpha value is -2.97. The van der Waals surface area contributed by atoms with Gasteiger partial charge in [-0.15, -0.1) is 0 Å². The van der Waals surface area contributed by atoms with Crippen molar-refractivity contribution in [1.29, 1.82) is 0 Å². The van der Waals surface area contributed by atoms with Crippen LogP contribution in [-0.2, 0) is 16.1 Å². The van der Waals surface area contributed by atoms with E-state index in [2.05, 4.69) is 20.9 Å². The number of nitrogens with one attached hydrogen (secondary N) is 3. The lowest BCUT2D eigenvalue weighted by Gasteiger charge is -2.31. The van der Waals surface area contributed by atoms with Gasteiger partial charge < -0.3 is 26.4 Å². The monoisotopic (exact) mass is 369 g/mol. The molecule has 1 aromatic heterocycles. The molecule has 27 heavy (non-hydrogen) atoms. The molecule has 142 valence electrons. The van der Waals surface area contributed by atoms with Crippen LogP contribution in [-0.4, -0.2) is 35.7 Å². The van der Waals surface area contributed by atoms with Crippen LogP contribution < -0.4 is 21.7 Å². The maximum absolute atomic E-state index is 12.5. The number of hydrogen-bond donors (Lipinski definition) is 4. The minimum atomic E-state index is -0.927. The zero-order chi connectivity index (χ0) is 19.1. The number of hydrogen-bond acceptors (Lipinski definition) is 5. The van der Waals surface area contributed by atoms with E-state index in [4.69, 9.17) is 10.5 Å². The smallest absolute Gasteiger partial charge is 0.319 e. The molecule has 8 heteroatoms. The normalized spacial score (nSPS) is 15.6. The van der Waals surface area contributed by atoms with Crippen molar-refractivity contribution in [3.63, 3.8) is 0 Å². The van der Waals surface area contributed by atoms with Gasteiger partial charge in [0.1, 0.15) is 5.54 Å². The summed E-state index contributed by atoms with van der Waals surface area (Å²) in [5, 5.41) is 8.34. The minimum absolute atomic E-state index is 0.245. The number of benzene rings is 1. The van der Waals surface area contributed by atoms with Crippen LogP contribution in [0.25, 0.3) is 0 Å². The highest BCUT2D eigenvalue weighted by Gasteiger charge is 2.35. The van der Waals surface area contributed by atoms with E-state index in [9.17, 15) is 9.59 Å². The summed E-state index contributed by atoms with van der Waals surface area (Å²) in [4.78, 5) is 28.5. The number of nitrogens with two attached hydrogens (primary N) is 1. The number of amides is 3. The van der Waals surface area contributed by atoms with Gasteiger partial charge in [0, 0.05) is 43.5 Å². The molecule has 3 amide bonds. The molecular formula is C19H23N5O3. The number of carbonyl (C=O) groups is 2. The van der Waals surface area contributed by atoms with Crippen molar-refractivity contribution in [3.8, 4) is 0 Å². The number of ether oxygens (including phenoxy) is 1. The maximum atomic E-state index is 12.5. The van der Waals surface area contributed by atoms with E-state index in [-0.39, 0.29) is 11.9 Å². The Morgan fingerprint density at radius 3 is 2.44 bits per heavy atom. The summed E-state index contributed by atoms with van der Waals surface area (Å²) in [6.45, 7) is 1.34. The summed E-state index contributed by atoms with van der Waals surface area (Å²) in [5.41, 5.74) is 7.35. The summed E-state index contributed by atoms with van der Waals surface area (Å²) in [7, 11) is 0. The highest BCUT2D eigenvalue weighted by molar-refractivity contribution is 5.99. The number of aromatic nitrogens is 1. The number of pyridine rings is 1. The van der Waals surface area contributed by atoms with Gasteiger partial charge in [-0.25, -0.2) is 4.79 Å². The summed E-state index contributed by atoms with van der Waals surface area (Å²) in [6.07, 6.45) is 4.30. The number of rotatable bonds is 5. The van der Waals surface area contributed by atoms with Crippen LogP contribution >= 0.6 is 0 Å². The van der Waals surface area contributed by atoms with Crippen LogP contribution in [0.5, 0.6) is 0 Å². The van der Waals surface area contributed by atoms with Crippen LogP contribution in [0.1, 0.15) is 18.4 Å². The Labute approximate surface area is 157 Å². The predicted octanol–water partition coefficient (Wildman–Crippen LogP) is 1.85. The number of anilines is 2. The lowest BCUT2D eigenvalue weighted by atomic mass is 9.90. The third kappa shape index (κ3) is 5.25. The van der Waals surface area contributed by atoms with Crippen molar-refractivity contribution < 1.29 is 14.3 Å². The Morgan fingerprint density at radius 1 is 1.07 bits per heavy atom. The molecule has 0 spiro atoms. The molecule has 0 bridgehead atoms. The van der Waals surface area contributed by atoms with Crippen molar-refractivity contribution in [2.24, 2.45) is 5.73 Å². The molecule has 1 aliphatic rings. The molecule has 0 atom stereocenters. The van der Waals surface area contributed by atoms with Crippen LogP contribution in [0.2, 0.25) is 0 Å². The van der Waals surface area contributed by atoms with Crippen molar-refractivity contribution in [2.75, 3.05) is 23.8 Å². The first-order valence-corrected chi connectivity index (χ1v) is 8.77. The molecule has 8 nitrogen and oxygen atoms in total. The van der Waals surface area contributed by atoms with E-state index >= 15 is 0 Å². The molecule has 1 fully saturated rings. The molecule has 1 aromatic carbocycles. The SMILES string of the molecule is NC1(C(=O)Nc2cccc(NC(=O)NCc3ccncc3)c2)CCOCC1. The van der Waals surface area contributed by atoms with Gasteiger partial charge in [0.25, 0.3) is 0 Å². The summed E-state index contributed by atoms with van der Waals surface area (Å²) >= 11 is 0. The number of carbonyl (C=O) groups excluding carboxylic acids is 2. The molecule has 1 aliphatic heterocycles. The largest absolute Gasteiger partial charge is 0.381 e. The van der Waals surface area contributed by atoms with Gasteiger partial charge in [-0.05, 0) is 48.7 Å². The zero-order valence-corrected chi connectivity index (χ0v) is 14.9. The van der Waals surface area contributed by atoms with Crippen LogP contribution in [0.3, 0.4) is 0 Å². The quantitative estimate of drug-likeness (QED) is 0.641. The van der Waals surface area contributed by atoms with E-state index in [0.717, 1.165) is 5.56 Å². The highest BCUT2D eigenvalue weighted by Crippen LogP contribution is 2.21. The molecule has 2 heterocycles. The standard InChI is InChI=1S/C19H23N5O3/c20-19(6-10-27-11-7-19)17(25)23-15-2-1-3-16(12-15)24-18(26)22-13-14-4-8-21-9-5-14/h1-5,8-9,12H,6-7,10-11,13,20H2,(H,23,25)(H2,22,24,26). The average Bonchev–Trinajstić information content (AvgIpc) is 2.68. The van der Waals surface area contributed by atoms with Gasteiger partial charge in [-0.2, -0.15) is 0 Å². The number of nitrogens with zero attached hydrogens (tertiary/aromatic N) is 1. The highest BCUT2D eigenvalue weighted by atomic mass is 16.5. The van der Waals surface area contributed by atoms with Crippen LogP contribution in [0, 0.1) is 0 Å². The van der Waals surface area contributed by atoms with Crippen molar-refractivity contribution in [2.45, 2.75) is 24.9 Å². The summed E-state index contributed by atoms with van der Waals surface area (Å²) < 4.78 is 5.27. The van der Waals surface area contributed by atoms with Gasteiger partial charge in [0.2, 0.25) is 5.91 Å².